The highest BCUT2D eigenvalue weighted by Gasteiger charge is 2.36. The monoisotopic (exact) mass is 319 g/mol. The van der Waals surface area contributed by atoms with Crippen molar-refractivity contribution in [3.63, 3.8) is 0 Å². The van der Waals surface area contributed by atoms with Crippen molar-refractivity contribution in [2.75, 3.05) is 10.2 Å². The molecule has 3 aromatic rings. The molecular formula is C19H21N5+2. The van der Waals surface area contributed by atoms with Gasteiger partial charge in [-0.1, -0.05) is 17.1 Å². The molecule has 4 rings (SSSR count). The molecule has 3 heterocycles. The normalized spacial score (nSPS) is 16.0. The smallest absolute Gasteiger partial charge is 0.350 e. The van der Waals surface area contributed by atoms with Crippen LogP contribution in [0, 0.1) is 0 Å². The first-order valence-corrected chi connectivity index (χ1v) is 8.11. The van der Waals surface area contributed by atoms with Crippen LogP contribution in [0.15, 0.2) is 60.9 Å². The van der Waals surface area contributed by atoms with Gasteiger partial charge in [0.1, 0.15) is 18.9 Å². The number of anilines is 3. The zero-order valence-corrected chi connectivity index (χ0v) is 14.1. The Kier molecular flexibility index (Phi) is 3.41. The van der Waals surface area contributed by atoms with Gasteiger partial charge >= 0.3 is 5.95 Å². The molecule has 0 saturated carbocycles. The number of nitrogens with zero attached hydrogens (tertiary/aromatic N) is 4. The molecule has 24 heavy (non-hydrogen) atoms. The van der Waals surface area contributed by atoms with Crippen LogP contribution in [-0.2, 0) is 14.1 Å². The van der Waals surface area contributed by atoms with Gasteiger partial charge in [0.2, 0.25) is 5.69 Å². The molecule has 120 valence electrons. The van der Waals surface area contributed by atoms with E-state index < -0.39 is 0 Å². The van der Waals surface area contributed by atoms with E-state index in [9.17, 15) is 0 Å². The van der Waals surface area contributed by atoms with Crippen LogP contribution in [0.1, 0.15) is 6.92 Å². The van der Waals surface area contributed by atoms with Crippen molar-refractivity contribution < 1.29 is 9.13 Å². The molecule has 1 atom stereocenters. The van der Waals surface area contributed by atoms with Crippen LogP contribution in [0.2, 0.25) is 0 Å². The maximum atomic E-state index is 4.67. The van der Waals surface area contributed by atoms with Crippen LogP contribution in [0.4, 0.5) is 17.3 Å². The maximum Gasteiger partial charge on any atom is 0.401 e. The zero-order chi connectivity index (χ0) is 16.7. The molecule has 1 N–H and O–H groups in total. The van der Waals surface area contributed by atoms with Crippen LogP contribution in [0.5, 0.6) is 0 Å². The van der Waals surface area contributed by atoms with Crippen molar-refractivity contribution in [3.8, 4) is 11.4 Å². The van der Waals surface area contributed by atoms with Gasteiger partial charge in [0, 0.05) is 18.2 Å². The summed E-state index contributed by atoms with van der Waals surface area (Å²) in [4.78, 5) is 6.90. The molecule has 0 bridgehead atoms. The first kappa shape index (κ1) is 14.6. The summed E-state index contributed by atoms with van der Waals surface area (Å²) >= 11 is 0. The zero-order valence-electron chi connectivity index (χ0n) is 14.1. The molecule has 0 unspecified atom stereocenters. The third-order valence-corrected chi connectivity index (χ3v) is 4.53. The Bertz CT molecular complexity index is 906. The van der Waals surface area contributed by atoms with Crippen molar-refractivity contribution in [2.45, 2.75) is 13.1 Å². The summed E-state index contributed by atoms with van der Waals surface area (Å²) in [7, 11) is 4.13. The van der Waals surface area contributed by atoms with Crippen LogP contribution in [-0.4, -0.2) is 11.1 Å². The standard InChI is InChI=1S/C19H20N5/c1-14-21-15-8-4-5-9-16(15)24(14)19-20-12-11-18(23(19)3)17-10-6-7-13-22(17)2/h4-14H,1-3H3/q+1/p+1/t14-/m1/s1. The van der Waals surface area contributed by atoms with E-state index in [-0.39, 0.29) is 6.17 Å². The number of aryl methyl sites for hydroxylation is 1. The summed E-state index contributed by atoms with van der Waals surface area (Å²) < 4.78 is 4.27. The Morgan fingerprint density at radius 1 is 1.00 bits per heavy atom. The Labute approximate surface area is 141 Å². The van der Waals surface area contributed by atoms with Gasteiger partial charge in [-0.3, -0.25) is 0 Å². The van der Waals surface area contributed by atoms with Crippen molar-refractivity contribution >= 4 is 17.3 Å². The van der Waals surface area contributed by atoms with Crippen molar-refractivity contribution in [1.29, 1.82) is 0 Å². The van der Waals surface area contributed by atoms with E-state index in [1.54, 1.807) is 0 Å². The van der Waals surface area contributed by atoms with E-state index in [1.807, 2.05) is 12.3 Å². The third-order valence-electron chi connectivity index (χ3n) is 4.53. The summed E-state index contributed by atoms with van der Waals surface area (Å²) in [5.74, 6) is 0.918. The SMILES string of the molecule is C[C@@H]1Nc2ccccc2N1c1nccc(-c2cccc[n+]2C)[n+]1C. The van der Waals surface area contributed by atoms with Gasteiger partial charge in [0.15, 0.2) is 18.1 Å². The van der Waals surface area contributed by atoms with Gasteiger partial charge in [-0.05, 0) is 25.1 Å². The first-order valence-electron chi connectivity index (χ1n) is 8.11. The van der Waals surface area contributed by atoms with Crippen LogP contribution < -0.4 is 19.4 Å². The topological polar surface area (TPSA) is 35.9 Å². The molecule has 0 radical (unpaired) electrons. The predicted octanol–water partition coefficient (Wildman–Crippen LogP) is 2.31. The minimum Gasteiger partial charge on any atom is -0.350 e. The van der Waals surface area contributed by atoms with Crippen LogP contribution >= 0.6 is 0 Å². The number of nitrogens with one attached hydrogen (secondary N) is 1. The highest BCUT2D eigenvalue weighted by Crippen LogP contribution is 2.37. The Balaban J connectivity index is 1.87. The molecule has 0 fully saturated rings. The van der Waals surface area contributed by atoms with Gasteiger partial charge in [0.25, 0.3) is 0 Å². The number of fused-ring (bicyclic) bond motifs is 1. The highest BCUT2D eigenvalue weighted by atomic mass is 15.4. The fourth-order valence-corrected chi connectivity index (χ4v) is 3.34. The van der Waals surface area contributed by atoms with E-state index in [0.717, 1.165) is 28.7 Å². The van der Waals surface area contributed by atoms with E-state index >= 15 is 0 Å². The lowest BCUT2D eigenvalue weighted by molar-refractivity contribution is -0.685. The minimum atomic E-state index is 0.154. The lowest BCUT2D eigenvalue weighted by atomic mass is 10.2. The summed E-state index contributed by atoms with van der Waals surface area (Å²) in [6, 6.07) is 16.6. The van der Waals surface area contributed by atoms with Crippen LogP contribution in [0.3, 0.4) is 0 Å². The predicted molar refractivity (Wildman–Crippen MR) is 93.7 cm³/mol. The van der Waals surface area contributed by atoms with Crippen LogP contribution in [0.25, 0.3) is 11.4 Å². The van der Waals surface area contributed by atoms with E-state index in [2.05, 4.69) is 94.0 Å². The molecule has 2 aromatic heterocycles. The second-order valence-electron chi connectivity index (χ2n) is 6.09. The summed E-state index contributed by atoms with van der Waals surface area (Å²) in [6.45, 7) is 2.15. The Morgan fingerprint density at radius 2 is 1.79 bits per heavy atom. The molecule has 0 amide bonds. The Morgan fingerprint density at radius 3 is 2.62 bits per heavy atom. The van der Waals surface area contributed by atoms with Gasteiger partial charge in [0.05, 0.1) is 12.7 Å². The fourth-order valence-electron chi connectivity index (χ4n) is 3.34. The molecular weight excluding hydrogens is 298 g/mol. The molecule has 5 nitrogen and oxygen atoms in total. The first-order chi connectivity index (χ1) is 11.7. The van der Waals surface area contributed by atoms with Crippen molar-refractivity contribution in [1.82, 2.24) is 4.98 Å². The molecule has 0 saturated heterocycles. The van der Waals surface area contributed by atoms with Gasteiger partial charge in [-0.2, -0.15) is 4.57 Å². The molecule has 0 spiro atoms. The highest BCUT2D eigenvalue weighted by molar-refractivity contribution is 5.79. The lowest BCUT2D eigenvalue weighted by Crippen LogP contribution is -2.45. The van der Waals surface area contributed by atoms with E-state index in [4.69, 9.17) is 0 Å². The second-order valence-corrected chi connectivity index (χ2v) is 6.09. The van der Waals surface area contributed by atoms with Gasteiger partial charge < -0.3 is 5.32 Å². The average molecular weight is 319 g/mol. The number of rotatable bonds is 2. The number of hydrogen-bond acceptors (Lipinski definition) is 3. The van der Waals surface area contributed by atoms with Crippen molar-refractivity contribution in [2.24, 2.45) is 14.1 Å². The molecule has 1 aliphatic rings. The van der Waals surface area contributed by atoms with E-state index in [0.29, 0.717) is 0 Å². The summed E-state index contributed by atoms with van der Waals surface area (Å²) in [6.07, 6.45) is 4.09. The summed E-state index contributed by atoms with van der Waals surface area (Å²) in [5.41, 5.74) is 4.57. The molecule has 0 aliphatic carbocycles. The van der Waals surface area contributed by atoms with Gasteiger partial charge in [-0.25, -0.2) is 9.47 Å². The minimum absolute atomic E-state index is 0.154. The second kappa shape index (κ2) is 5.60. The van der Waals surface area contributed by atoms with Crippen molar-refractivity contribution in [3.05, 3.63) is 60.9 Å². The quantitative estimate of drug-likeness (QED) is 0.736. The van der Waals surface area contributed by atoms with Gasteiger partial charge in [-0.15, -0.1) is 0 Å². The number of aromatic nitrogens is 3. The molecule has 1 aliphatic heterocycles. The average Bonchev–Trinajstić information content (AvgIpc) is 2.92. The largest absolute Gasteiger partial charge is 0.401 e. The number of pyridine rings is 1. The number of para-hydroxylation sites is 2. The Hall–Kier alpha value is -2.95. The maximum absolute atomic E-state index is 4.67. The summed E-state index contributed by atoms with van der Waals surface area (Å²) in [5, 5.41) is 3.51. The molecule has 1 aromatic carbocycles. The number of hydrogen-bond donors (Lipinski definition) is 1. The van der Waals surface area contributed by atoms with E-state index in [1.165, 1.54) is 0 Å². The third kappa shape index (κ3) is 2.21. The number of benzene rings is 1. The lowest BCUT2D eigenvalue weighted by Gasteiger charge is -2.17. The molecule has 5 heteroatoms. The fraction of sp³-hybridized carbons (Fsp3) is 0.211.